The van der Waals surface area contributed by atoms with E-state index in [-0.39, 0.29) is 21.1 Å². The van der Waals surface area contributed by atoms with E-state index in [1.54, 1.807) is 0 Å². The van der Waals surface area contributed by atoms with Crippen LogP contribution in [0.5, 0.6) is 0 Å². The molecule has 1 aromatic carbocycles. The molecule has 0 spiro atoms. The topological polar surface area (TPSA) is 81.7 Å². The first-order valence-corrected chi connectivity index (χ1v) is 7.99. The highest BCUT2D eigenvalue weighted by Gasteiger charge is 2.35. The predicted octanol–water partition coefficient (Wildman–Crippen LogP) is 3.83. The summed E-state index contributed by atoms with van der Waals surface area (Å²) in [5, 5.41) is 17.3. The van der Waals surface area contributed by atoms with E-state index in [0.29, 0.717) is 6.07 Å². The first-order chi connectivity index (χ1) is 12.1. The van der Waals surface area contributed by atoms with Crippen molar-refractivity contribution in [2.75, 3.05) is 0 Å². The summed E-state index contributed by atoms with van der Waals surface area (Å²) in [5.41, 5.74) is -1.72. The maximum Gasteiger partial charge on any atom is 0.419 e. The molecular weight excluding hydrogens is 420 g/mol. The lowest BCUT2D eigenvalue weighted by molar-refractivity contribution is -0.140. The summed E-state index contributed by atoms with van der Waals surface area (Å²) in [5.74, 6) is -2.13. The smallest absolute Gasteiger partial charge is 0.345 e. The van der Waals surface area contributed by atoms with E-state index >= 15 is 0 Å². The van der Waals surface area contributed by atoms with Gasteiger partial charge in [-0.1, -0.05) is 12.1 Å². The number of rotatable bonds is 4. The summed E-state index contributed by atoms with van der Waals surface area (Å²) in [6, 6.07) is 3.15. The molecule has 5 nitrogen and oxygen atoms in total. The molecule has 0 bridgehead atoms. The second-order valence-corrected chi connectivity index (χ2v) is 6.22. The Hall–Kier alpha value is -2.49. The van der Waals surface area contributed by atoms with Crippen LogP contribution in [0.1, 0.15) is 34.5 Å². The zero-order valence-electron chi connectivity index (χ0n) is 13.3. The van der Waals surface area contributed by atoms with Gasteiger partial charge in [0.25, 0.3) is 5.91 Å². The molecule has 0 saturated carbocycles. The second kappa shape index (κ2) is 7.40. The van der Waals surface area contributed by atoms with Gasteiger partial charge in [0.1, 0.15) is 11.3 Å². The lowest BCUT2D eigenvalue weighted by atomic mass is 10.0. The average Bonchev–Trinajstić information content (AvgIpc) is 2.56. The number of nitrogens with zero attached hydrogens (tertiary/aromatic N) is 1. The number of benzene rings is 1. The molecule has 1 amide bonds. The molecule has 0 aliphatic carbocycles. The van der Waals surface area contributed by atoms with Crippen LogP contribution in [-0.2, 0) is 6.18 Å². The van der Waals surface area contributed by atoms with E-state index < -0.39 is 29.5 Å². The largest absolute Gasteiger partial charge is 0.419 e. The van der Waals surface area contributed by atoms with Crippen molar-refractivity contribution in [3.63, 3.8) is 0 Å². The fourth-order valence-electron chi connectivity index (χ4n) is 2.27. The summed E-state index contributed by atoms with van der Waals surface area (Å²) in [4.78, 5) is 12.3. The van der Waals surface area contributed by atoms with Crippen molar-refractivity contribution in [3.05, 3.63) is 62.9 Å². The van der Waals surface area contributed by atoms with Gasteiger partial charge in [-0.2, -0.15) is 13.2 Å². The number of amides is 1. The first kappa shape index (κ1) is 19.8. The Morgan fingerprint density at radius 2 is 2.04 bits per heavy atom. The zero-order valence-corrected chi connectivity index (χ0v) is 14.9. The lowest BCUT2D eigenvalue weighted by Gasteiger charge is -2.18. The van der Waals surface area contributed by atoms with Crippen LogP contribution in [0.4, 0.5) is 17.6 Å². The molecule has 2 aromatic rings. The monoisotopic (exact) mass is 432 g/mol. The minimum Gasteiger partial charge on any atom is -0.345 e. The summed E-state index contributed by atoms with van der Waals surface area (Å²) in [6.07, 6.45) is -2.81. The van der Waals surface area contributed by atoms with Crippen LogP contribution in [0.25, 0.3) is 0 Å². The normalized spacial score (nSPS) is 12.5. The van der Waals surface area contributed by atoms with E-state index in [1.807, 2.05) is 0 Å². The van der Waals surface area contributed by atoms with E-state index in [0.717, 1.165) is 23.0 Å². The van der Waals surface area contributed by atoms with Crippen molar-refractivity contribution in [2.45, 2.75) is 19.1 Å². The number of aromatic nitrogens is 1. The van der Waals surface area contributed by atoms with Crippen LogP contribution in [0.3, 0.4) is 0 Å². The molecule has 0 unspecified atom stereocenters. The van der Waals surface area contributed by atoms with Gasteiger partial charge in [0.05, 0.1) is 28.0 Å². The van der Waals surface area contributed by atoms with E-state index in [2.05, 4.69) is 21.2 Å². The second-order valence-electron chi connectivity index (χ2n) is 5.36. The molecule has 1 heterocycles. The van der Waals surface area contributed by atoms with Crippen molar-refractivity contribution in [2.24, 2.45) is 0 Å². The molecular formula is C16H13BrF4N4O. The Morgan fingerprint density at radius 1 is 1.38 bits per heavy atom. The van der Waals surface area contributed by atoms with Gasteiger partial charge in [-0.3, -0.25) is 20.2 Å². The Bertz CT molecular complexity index is 923. The highest BCUT2D eigenvalue weighted by Crippen LogP contribution is 2.33. The number of alkyl halides is 3. The minimum absolute atomic E-state index is 0.0515. The fraction of sp³-hybridized carbons (Fsp3) is 0.188. The van der Waals surface area contributed by atoms with Crippen LogP contribution in [0, 0.1) is 16.6 Å². The number of halogens is 5. The van der Waals surface area contributed by atoms with Gasteiger partial charge in [-0.05, 0) is 35.0 Å². The van der Waals surface area contributed by atoms with E-state index in [4.69, 9.17) is 10.8 Å². The number of pyridine rings is 1. The Balaban J connectivity index is 2.32. The van der Waals surface area contributed by atoms with E-state index in [9.17, 15) is 22.4 Å². The molecule has 0 aliphatic heterocycles. The number of carbonyl (C=O) groups is 1. The van der Waals surface area contributed by atoms with Crippen molar-refractivity contribution in [1.82, 2.24) is 9.88 Å². The highest BCUT2D eigenvalue weighted by atomic mass is 79.9. The number of hydrogen-bond acceptors (Lipinski definition) is 3. The fourth-order valence-corrected chi connectivity index (χ4v) is 2.72. The summed E-state index contributed by atoms with van der Waals surface area (Å²) in [6.45, 7) is 1.36. The molecule has 26 heavy (non-hydrogen) atoms. The van der Waals surface area contributed by atoms with Gasteiger partial charge in [0, 0.05) is 11.8 Å². The third-order valence-corrected chi connectivity index (χ3v) is 4.20. The minimum atomic E-state index is -4.84. The SMILES string of the molecule is C[C@@H](NC(=O)c1cc(Br)c(=N)n(C=N)c1)c1cccc(C(F)(F)F)c1F. The number of hydrogen-bond donors (Lipinski definition) is 3. The van der Waals surface area contributed by atoms with Crippen LogP contribution in [0.15, 0.2) is 34.9 Å². The first-order valence-electron chi connectivity index (χ1n) is 7.19. The Labute approximate surface area is 153 Å². The van der Waals surface area contributed by atoms with Crippen molar-refractivity contribution in [1.29, 1.82) is 10.8 Å². The van der Waals surface area contributed by atoms with Crippen LogP contribution >= 0.6 is 15.9 Å². The van der Waals surface area contributed by atoms with Crippen molar-refractivity contribution in [3.8, 4) is 0 Å². The highest BCUT2D eigenvalue weighted by molar-refractivity contribution is 9.10. The van der Waals surface area contributed by atoms with Crippen LogP contribution in [-0.4, -0.2) is 16.8 Å². The van der Waals surface area contributed by atoms with Crippen LogP contribution in [0.2, 0.25) is 0 Å². The van der Waals surface area contributed by atoms with Crippen molar-refractivity contribution < 1.29 is 22.4 Å². The van der Waals surface area contributed by atoms with Crippen molar-refractivity contribution >= 4 is 28.2 Å². The third kappa shape index (κ3) is 4.01. The third-order valence-electron chi connectivity index (χ3n) is 3.59. The molecule has 1 aromatic heterocycles. The standard InChI is InChI=1S/C16H13BrF4N4O/c1-8(10-3-2-4-11(13(10)18)16(19,20)21)24-15(26)9-5-12(17)14(23)25(6-9)7-22/h2-8,22-23H,1H3,(H,24,26)/t8-/m1/s1. The summed E-state index contributed by atoms with van der Waals surface area (Å²) < 4.78 is 53.9. The van der Waals surface area contributed by atoms with Gasteiger partial charge in [0.2, 0.25) is 0 Å². The summed E-state index contributed by atoms with van der Waals surface area (Å²) >= 11 is 3.08. The number of carbonyl (C=O) groups excluding carboxylic acids is 1. The van der Waals surface area contributed by atoms with E-state index in [1.165, 1.54) is 19.2 Å². The Morgan fingerprint density at radius 3 is 2.62 bits per heavy atom. The van der Waals surface area contributed by atoms with Gasteiger partial charge in [-0.15, -0.1) is 0 Å². The van der Waals surface area contributed by atoms with Gasteiger partial charge in [0.15, 0.2) is 0 Å². The molecule has 0 aliphatic rings. The average molecular weight is 433 g/mol. The number of nitrogens with one attached hydrogen (secondary N) is 3. The molecule has 3 N–H and O–H groups in total. The molecule has 0 radical (unpaired) electrons. The predicted molar refractivity (Wildman–Crippen MR) is 89.5 cm³/mol. The van der Waals surface area contributed by atoms with Gasteiger partial charge >= 0.3 is 6.18 Å². The van der Waals surface area contributed by atoms with Gasteiger partial charge < -0.3 is 5.32 Å². The lowest BCUT2D eigenvalue weighted by Crippen LogP contribution is -2.30. The maximum absolute atomic E-state index is 14.2. The molecule has 2 rings (SSSR count). The molecule has 138 valence electrons. The van der Waals surface area contributed by atoms with Crippen LogP contribution < -0.4 is 10.8 Å². The Kier molecular flexibility index (Phi) is 5.65. The zero-order chi connectivity index (χ0) is 19.6. The maximum atomic E-state index is 14.2. The molecule has 0 saturated heterocycles. The molecule has 10 heteroatoms. The molecule has 1 atom stereocenters. The van der Waals surface area contributed by atoms with Gasteiger partial charge in [-0.25, -0.2) is 4.39 Å². The molecule has 0 fully saturated rings. The quantitative estimate of drug-likeness (QED) is 0.383. The summed E-state index contributed by atoms with van der Waals surface area (Å²) in [7, 11) is 0.